The molecular weight excluding hydrogens is 164 g/mol. The molecule has 0 saturated carbocycles. The van der Waals surface area contributed by atoms with Crippen LogP contribution in [0.4, 0.5) is 0 Å². The van der Waals surface area contributed by atoms with Crippen molar-refractivity contribution >= 4 is 6.34 Å². The van der Waals surface area contributed by atoms with Crippen LogP contribution in [-0.4, -0.2) is 54.1 Å². The Morgan fingerprint density at radius 2 is 2.08 bits per heavy atom. The van der Waals surface area contributed by atoms with Gasteiger partial charge in [0.25, 0.3) is 0 Å². The van der Waals surface area contributed by atoms with Gasteiger partial charge in [0.1, 0.15) is 13.1 Å². The Labute approximate surface area is 80.2 Å². The Morgan fingerprint density at radius 3 is 2.62 bits per heavy atom. The van der Waals surface area contributed by atoms with Crippen molar-refractivity contribution in [3.05, 3.63) is 0 Å². The zero-order valence-corrected chi connectivity index (χ0v) is 8.61. The van der Waals surface area contributed by atoms with Crippen molar-refractivity contribution in [2.24, 2.45) is 11.5 Å². The van der Waals surface area contributed by atoms with Gasteiger partial charge in [-0.2, -0.15) is 0 Å². The summed E-state index contributed by atoms with van der Waals surface area (Å²) in [5.74, 6) is 0. The van der Waals surface area contributed by atoms with Crippen molar-refractivity contribution < 1.29 is 4.58 Å². The average molecular weight is 185 g/mol. The Bertz CT molecular complexity index is 186. The van der Waals surface area contributed by atoms with Gasteiger partial charge in [-0.3, -0.25) is 9.48 Å². The highest BCUT2D eigenvalue weighted by Gasteiger charge is 2.20. The molecule has 76 valence electrons. The van der Waals surface area contributed by atoms with Crippen LogP contribution in [0.5, 0.6) is 0 Å². The molecule has 0 bridgehead atoms. The molecule has 0 aromatic heterocycles. The third kappa shape index (κ3) is 3.74. The third-order valence-electron chi connectivity index (χ3n) is 2.05. The maximum Gasteiger partial charge on any atom is 0.234 e. The molecule has 4 heteroatoms. The first-order chi connectivity index (χ1) is 6.08. The van der Waals surface area contributed by atoms with Gasteiger partial charge in [-0.25, -0.2) is 0 Å². The van der Waals surface area contributed by atoms with Crippen LogP contribution in [0.3, 0.4) is 0 Å². The largest absolute Gasteiger partial charge is 0.325 e. The molecule has 0 aromatic carbocycles. The maximum absolute atomic E-state index is 5.71. The maximum atomic E-state index is 5.71. The fourth-order valence-corrected chi connectivity index (χ4v) is 1.62. The number of hydrogen-bond donors (Lipinski definition) is 2. The van der Waals surface area contributed by atoms with E-state index in [1.807, 2.05) is 13.8 Å². The standard InChI is InChI=1S/C9H21N4/c1-8(10)5-12-3-4-13(7-12)6-9(2)11/h7-9H,3-6,10-11H2,1-2H3/q+1. The number of nitrogens with zero attached hydrogens (tertiary/aromatic N) is 2. The van der Waals surface area contributed by atoms with Crippen molar-refractivity contribution in [3.8, 4) is 0 Å². The monoisotopic (exact) mass is 185 g/mol. The summed E-state index contributed by atoms with van der Waals surface area (Å²) in [6, 6.07) is 0.484. The van der Waals surface area contributed by atoms with Crippen molar-refractivity contribution in [2.75, 3.05) is 26.2 Å². The first kappa shape index (κ1) is 10.5. The average Bonchev–Trinajstić information content (AvgIpc) is 2.33. The molecule has 0 spiro atoms. The van der Waals surface area contributed by atoms with Crippen LogP contribution in [0.25, 0.3) is 0 Å². The molecule has 1 heterocycles. The second-order valence-corrected chi connectivity index (χ2v) is 4.06. The summed E-state index contributed by atoms with van der Waals surface area (Å²) in [4.78, 5) is 2.26. The van der Waals surface area contributed by atoms with Crippen molar-refractivity contribution in [3.63, 3.8) is 0 Å². The topological polar surface area (TPSA) is 58.3 Å². The number of hydrogen-bond acceptors (Lipinski definition) is 3. The van der Waals surface area contributed by atoms with E-state index in [4.69, 9.17) is 11.5 Å². The lowest BCUT2D eigenvalue weighted by Gasteiger charge is -2.08. The highest BCUT2D eigenvalue weighted by Crippen LogP contribution is 1.95. The van der Waals surface area contributed by atoms with Crippen molar-refractivity contribution in [2.45, 2.75) is 25.9 Å². The molecule has 0 saturated heterocycles. The van der Waals surface area contributed by atoms with E-state index < -0.39 is 0 Å². The molecular formula is C9H21N4+. The van der Waals surface area contributed by atoms with Gasteiger partial charge in [0, 0.05) is 12.1 Å². The Kier molecular flexibility index (Phi) is 3.69. The van der Waals surface area contributed by atoms with Crippen LogP contribution < -0.4 is 11.5 Å². The van der Waals surface area contributed by atoms with E-state index in [1.54, 1.807) is 0 Å². The molecule has 2 atom stereocenters. The van der Waals surface area contributed by atoms with E-state index in [-0.39, 0.29) is 12.1 Å². The van der Waals surface area contributed by atoms with Crippen LogP contribution in [0.15, 0.2) is 0 Å². The first-order valence-electron chi connectivity index (χ1n) is 4.92. The molecule has 0 aromatic rings. The summed E-state index contributed by atoms with van der Waals surface area (Å²) >= 11 is 0. The summed E-state index contributed by atoms with van der Waals surface area (Å²) in [5.41, 5.74) is 11.4. The molecule has 4 N–H and O–H groups in total. The highest BCUT2D eigenvalue weighted by molar-refractivity contribution is 5.50. The summed E-state index contributed by atoms with van der Waals surface area (Å²) in [7, 11) is 0. The summed E-state index contributed by atoms with van der Waals surface area (Å²) in [6.07, 6.45) is 2.15. The van der Waals surface area contributed by atoms with E-state index in [9.17, 15) is 0 Å². The van der Waals surface area contributed by atoms with Crippen LogP contribution >= 0.6 is 0 Å². The smallest absolute Gasteiger partial charge is 0.234 e. The lowest BCUT2D eigenvalue weighted by atomic mass is 10.3. The van der Waals surface area contributed by atoms with E-state index in [1.165, 1.54) is 0 Å². The minimum absolute atomic E-state index is 0.242. The molecule has 0 aliphatic carbocycles. The second-order valence-electron chi connectivity index (χ2n) is 4.06. The quantitative estimate of drug-likeness (QED) is 0.555. The fraction of sp³-hybridized carbons (Fsp3) is 0.889. The van der Waals surface area contributed by atoms with Gasteiger partial charge in [0.15, 0.2) is 0 Å². The molecule has 2 unspecified atom stereocenters. The van der Waals surface area contributed by atoms with E-state index >= 15 is 0 Å². The van der Waals surface area contributed by atoms with Crippen LogP contribution in [0, 0.1) is 0 Å². The summed E-state index contributed by atoms with van der Waals surface area (Å²) in [6.45, 7) is 8.09. The van der Waals surface area contributed by atoms with Crippen LogP contribution in [0.1, 0.15) is 13.8 Å². The SMILES string of the molecule is CC(N)CN1C=[N+](CC(C)N)CC1. The highest BCUT2D eigenvalue weighted by atomic mass is 15.3. The summed E-state index contributed by atoms with van der Waals surface area (Å²) in [5, 5.41) is 0. The molecule has 0 fully saturated rings. The lowest BCUT2D eigenvalue weighted by molar-refractivity contribution is -0.515. The fourth-order valence-electron chi connectivity index (χ4n) is 1.62. The van der Waals surface area contributed by atoms with E-state index in [0.717, 1.165) is 26.2 Å². The molecule has 4 nitrogen and oxygen atoms in total. The van der Waals surface area contributed by atoms with Gasteiger partial charge in [0.2, 0.25) is 6.34 Å². The van der Waals surface area contributed by atoms with Gasteiger partial charge in [-0.05, 0) is 13.8 Å². The Morgan fingerprint density at radius 1 is 1.38 bits per heavy atom. The van der Waals surface area contributed by atoms with Gasteiger partial charge in [0.05, 0.1) is 13.1 Å². The van der Waals surface area contributed by atoms with E-state index in [2.05, 4.69) is 15.8 Å². The van der Waals surface area contributed by atoms with Gasteiger partial charge < -0.3 is 11.5 Å². The predicted octanol–water partition coefficient (Wildman–Crippen LogP) is -0.963. The lowest BCUT2D eigenvalue weighted by Crippen LogP contribution is -2.33. The van der Waals surface area contributed by atoms with Crippen LogP contribution in [0.2, 0.25) is 0 Å². The van der Waals surface area contributed by atoms with Crippen molar-refractivity contribution in [1.29, 1.82) is 0 Å². The molecule has 1 rings (SSSR count). The molecule has 0 radical (unpaired) electrons. The van der Waals surface area contributed by atoms with Gasteiger partial charge in [-0.1, -0.05) is 0 Å². The number of rotatable bonds is 4. The van der Waals surface area contributed by atoms with Gasteiger partial charge >= 0.3 is 0 Å². The molecule has 1 aliphatic rings. The summed E-state index contributed by atoms with van der Waals surface area (Å²) < 4.78 is 2.26. The zero-order valence-electron chi connectivity index (χ0n) is 8.61. The minimum Gasteiger partial charge on any atom is -0.325 e. The second kappa shape index (κ2) is 4.58. The van der Waals surface area contributed by atoms with E-state index in [0.29, 0.717) is 0 Å². The predicted molar refractivity (Wildman–Crippen MR) is 54.9 cm³/mol. The minimum atomic E-state index is 0.242. The Balaban J connectivity index is 2.35. The first-order valence-corrected chi connectivity index (χ1v) is 4.92. The normalized spacial score (nSPS) is 21.5. The molecule has 1 aliphatic heterocycles. The van der Waals surface area contributed by atoms with Crippen LogP contribution in [-0.2, 0) is 0 Å². The number of nitrogens with two attached hydrogens (primary N) is 2. The zero-order chi connectivity index (χ0) is 9.84. The third-order valence-corrected chi connectivity index (χ3v) is 2.05. The Hall–Kier alpha value is -0.610. The van der Waals surface area contributed by atoms with Gasteiger partial charge in [-0.15, -0.1) is 0 Å². The molecule has 0 amide bonds. The van der Waals surface area contributed by atoms with Crippen molar-refractivity contribution in [1.82, 2.24) is 4.90 Å². The molecule has 13 heavy (non-hydrogen) atoms.